The SMILES string of the molecule is COCCCn1c(C2CCCN(C(=O)C[C@H](N)Cc3ccc(-c4ccc(NC[C@@H](C)O)nc4)cc3)C2)c(C)c2cccc(F)c21. The number of hydrogen-bond acceptors (Lipinski definition) is 6. The number of nitrogens with two attached hydrogens (primary N) is 1. The van der Waals surface area contributed by atoms with Crippen LogP contribution in [0.2, 0.25) is 0 Å². The molecule has 1 unspecified atom stereocenters. The third-order valence-electron chi connectivity index (χ3n) is 8.79. The smallest absolute Gasteiger partial charge is 0.224 e. The Morgan fingerprint density at radius 3 is 2.67 bits per heavy atom. The summed E-state index contributed by atoms with van der Waals surface area (Å²) >= 11 is 0. The maximum absolute atomic E-state index is 15.1. The van der Waals surface area contributed by atoms with Crippen molar-refractivity contribution in [3.63, 3.8) is 0 Å². The lowest BCUT2D eigenvalue weighted by molar-refractivity contribution is -0.132. The summed E-state index contributed by atoms with van der Waals surface area (Å²) in [5, 5.41) is 13.5. The molecule has 1 amide bonds. The fraction of sp³-hybridized carbons (Fsp3) is 0.444. The van der Waals surface area contributed by atoms with Crippen molar-refractivity contribution in [2.45, 2.75) is 70.6 Å². The van der Waals surface area contributed by atoms with Crippen molar-refractivity contribution < 1.29 is 19.0 Å². The first kappa shape index (κ1) is 32.6. The second-order valence-corrected chi connectivity index (χ2v) is 12.4. The Labute approximate surface area is 265 Å². The van der Waals surface area contributed by atoms with Crippen LogP contribution >= 0.6 is 0 Å². The van der Waals surface area contributed by atoms with Gasteiger partial charge in [0.15, 0.2) is 0 Å². The van der Waals surface area contributed by atoms with Crippen LogP contribution in [0.15, 0.2) is 60.8 Å². The average Bonchev–Trinajstić information content (AvgIpc) is 3.33. The van der Waals surface area contributed by atoms with E-state index in [9.17, 15) is 9.90 Å². The molecule has 0 bridgehead atoms. The highest BCUT2D eigenvalue weighted by atomic mass is 19.1. The number of nitrogens with one attached hydrogen (secondary N) is 1. The summed E-state index contributed by atoms with van der Waals surface area (Å²) in [5.74, 6) is 0.724. The molecule has 1 saturated heterocycles. The number of aliphatic hydroxyl groups excluding tert-OH is 1. The first-order valence-corrected chi connectivity index (χ1v) is 16.0. The van der Waals surface area contributed by atoms with Gasteiger partial charge in [0, 0.05) is 81.1 Å². The Balaban J connectivity index is 1.21. The standard InChI is InChI=1S/C36H46FN5O3/c1-24(43)21-39-33-15-14-28(22-40-33)27-12-10-26(11-13-27)19-30(38)20-34(44)41-16-5-7-29(23-41)35-25(2)31-8-4-9-32(37)36(31)42(35)17-6-18-45-3/h4,8-15,22,24,29-30,43H,5-7,16-21,23,38H2,1-3H3,(H,39,40)/t24-,29?,30-/m1/s1. The molecule has 45 heavy (non-hydrogen) atoms. The molecule has 0 aliphatic carbocycles. The zero-order chi connectivity index (χ0) is 31.9. The van der Waals surface area contributed by atoms with Crippen LogP contribution in [0.25, 0.3) is 22.0 Å². The number of hydrogen-bond donors (Lipinski definition) is 3. The number of likely N-dealkylation sites (tertiary alicyclic amines) is 1. The number of amides is 1. The molecule has 9 heteroatoms. The molecule has 0 saturated carbocycles. The van der Waals surface area contributed by atoms with Gasteiger partial charge in [0.05, 0.1) is 11.6 Å². The first-order chi connectivity index (χ1) is 21.7. The molecule has 240 valence electrons. The molecular formula is C36H46FN5O3. The predicted octanol–water partition coefficient (Wildman–Crippen LogP) is 5.65. The minimum Gasteiger partial charge on any atom is -0.392 e. The highest BCUT2D eigenvalue weighted by Crippen LogP contribution is 2.37. The van der Waals surface area contributed by atoms with Crippen molar-refractivity contribution in [2.75, 3.05) is 38.7 Å². The zero-order valence-corrected chi connectivity index (χ0v) is 26.6. The summed E-state index contributed by atoms with van der Waals surface area (Å²) < 4.78 is 22.5. The van der Waals surface area contributed by atoms with Gasteiger partial charge in [0.1, 0.15) is 11.6 Å². The lowest BCUT2D eigenvalue weighted by Gasteiger charge is -2.34. The van der Waals surface area contributed by atoms with Gasteiger partial charge in [0.2, 0.25) is 5.91 Å². The number of aliphatic hydroxyl groups is 1. The van der Waals surface area contributed by atoms with Crippen LogP contribution in [0.1, 0.15) is 55.3 Å². The number of carbonyl (C=O) groups is 1. The van der Waals surface area contributed by atoms with Crippen LogP contribution in [0.4, 0.5) is 10.2 Å². The molecule has 8 nitrogen and oxygen atoms in total. The fourth-order valence-electron chi connectivity index (χ4n) is 6.59. The molecule has 2 aromatic carbocycles. The van der Waals surface area contributed by atoms with Crippen molar-refractivity contribution in [3.05, 3.63) is 83.4 Å². The van der Waals surface area contributed by atoms with E-state index < -0.39 is 6.10 Å². The Morgan fingerprint density at radius 1 is 1.18 bits per heavy atom. The van der Waals surface area contributed by atoms with Gasteiger partial charge in [-0.15, -0.1) is 0 Å². The quantitative estimate of drug-likeness (QED) is 0.168. The van der Waals surface area contributed by atoms with E-state index in [2.05, 4.69) is 46.1 Å². The van der Waals surface area contributed by atoms with Crippen LogP contribution in [0.5, 0.6) is 0 Å². The summed E-state index contributed by atoms with van der Waals surface area (Å²) in [4.78, 5) is 19.9. The Morgan fingerprint density at radius 2 is 1.96 bits per heavy atom. The van der Waals surface area contributed by atoms with Crippen LogP contribution in [-0.4, -0.2) is 71.0 Å². The van der Waals surface area contributed by atoms with Gasteiger partial charge in [-0.05, 0) is 74.4 Å². The molecule has 4 aromatic rings. The maximum Gasteiger partial charge on any atom is 0.224 e. The van der Waals surface area contributed by atoms with Crippen LogP contribution < -0.4 is 11.1 Å². The van der Waals surface area contributed by atoms with E-state index in [1.54, 1.807) is 20.1 Å². The number of aromatic nitrogens is 2. The lowest BCUT2D eigenvalue weighted by Crippen LogP contribution is -2.42. The molecule has 3 atom stereocenters. The number of para-hydroxylation sites is 1. The van der Waals surface area contributed by atoms with Gasteiger partial charge >= 0.3 is 0 Å². The number of carbonyl (C=O) groups excluding carboxylic acids is 1. The third-order valence-corrected chi connectivity index (χ3v) is 8.79. The number of methoxy groups -OCH3 is 1. The highest BCUT2D eigenvalue weighted by molar-refractivity contribution is 5.86. The van der Waals surface area contributed by atoms with E-state index in [0.29, 0.717) is 38.2 Å². The number of benzene rings is 2. The van der Waals surface area contributed by atoms with Gasteiger partial charge in [-0.2, -0.15) is 0 Å². The average molecular weight is 616 g/mol. The highest BCUT2D eigenvalue weighted by Gasteiger charge is 2.30. The number of nitrogens with zero attached hydrogens (tertiary/aromatic N) is 3. The summed E-state index contributed by atoms with van der Waals surface area (Å²) in [5.41, 5.74) is 12.5. The summed E-state index contributed by atoms with van der Waals surface area (Å²) in [6.45, 7) is 6.87. The van der Waals surface area contributed by atoms with Crippen LogP contribution in [-0.2, 0) is 22.5 Å². The summed E-state index contributed by atoms with van der Waals surface area (Å²) in [6, 6.07) is 17.1. The van der Waals surface area contributed by atoms with E-state index in [4.69, 9.17) is 10.5 Å². The van der Waals surface area contributed by atoms with Gasteiger partial charge in [-0.3, -0.25) is 4.79 Å². The normalized spacial score (nSPS) is 16.6. The third kappa shape index (κ3) is 7.90. The van der Waals surface area contributed by atoms with Crippen molar-refractivity contribution in [1.82, 2.24) is 14.5 Å². The van der Waals surface area contributed by atoms with Crippen LogP contribution in [0.3, 0.4) is 0 Å². The van der Waals surface area contributed by atoms with E-state index in [1.165, 1.54) is 6.07 Å². The topological polar surface area (TPSA) is 106 Å². The number of rotatable bonds is 13. The van der Waals surface area contributed by atoms with Crippen LogP contribution in [0, 0.1) is 12.7 Å². The van der Waals surface area contributed by atoms with Crippen molar-refractivity contribution >= 4 is 22.6 Å². The van der Waals surface area contributed by atoms with E-state index in [-0.39, 0.29) is 30.1 Å². The van der Waals surface area contributed by atoms with E-state index in [1.807, 2.05) is 29.3 Å². The van der Waals surface area contributed by atoms with E-state index in [0.717, 1.165) is 65.0 Å². The van der Waals surface area contributed by atoms with Gasteiger partial charge < -0.3 is 30.4 Å². The van der Waals surface area contributed by atoms with E-state index >= 15 is 4.39 Å². The Bertz CT molecular complexity index is 1570. The second kappa shape index (κ2) is 15.0. The Hall–Kier alpha value is -3.79. The number of ether oxygens (including phenoxy) is 1. The number of halogens is 1. The molecule has 3 heterocycles. The largest absolute Gasteiger partial charge is 0.392 e. The van der Waals surface area contributed by atoms with Crippen molar-refractivity contribution in [2.24, 2.45) is 5.73 Å². The number of anilines is 1. The number of aryl methyl sites for hydroxylation is 2. The minimum atomic E-state index is -0.441. The zero-order valence-electron chi connectivity index (χ0n) is 26.6. The van der Waals surface area contributed by atoms with Crippen molar-refractivity contribution in [3.8, 4) is 11.1 Å². The van der Waals surface area contributed by atoms with Gasteiger partial charge in [0.25, 0.3) is 0 Å². The molecule has 0 radical (unpaired) electrons. The maximum atomic E-state index is 15.1. The number of pyridine rings is 1. The molecule has 1 aliphatic heterocycles. The molecular weight excluding hydrogens is 569 g/mol. The van der Waals surface area contributed by atoms with Gasteiger partial charge in [-0.25, -0.2) is 9.37 Å². The second-order valence-electron chi connectivity index (χ2n) is 12.4. The first-order valence-electron chi connectivity index (χ1n) is 16.0. The number of piperidine rings is 1. The number of fused-ring (bicyclic) bond motifs is 1. The monoisotopic (exact) mass is 615 g/mol. The van der Waals surface area contributed by atoms with Gasteiger partial charge in [-0.1, -0.05) is 36.4 Å². The molecule has 0 spiro atoms. The molecule has 5 rings (SSSR count). The molecule has 1 fully saturated rings. The Kier molecular flexibility index (Phi) is 10.9. The molecule has 2 aromatic heterocycles. The predicted molar refractivity (Wildman–Crippen MR) is 178 cm³/mol. The minimum absolute atomic E-state index is 0.0741. The summed E-state index contributed by atoms with van der Waals surface area (Å²) in [6.07, 6.45) is 4.91. The lowest BCUT2D eigenvalue weighted by atomic mass is 9.91. The van der Waals surface area contributed by atoms with Crippen molar-refractivity contribution in [1.29, 1.82) is 0 Å². The molecule has 1 aliphatic rings. The fourth-order valence-corrected chi connectivity index (χ4v) is 6.59. The summed E-state index contributed by atoms with van der Waals surface area (Å²) in [7, 11) is 1.68. The molecule has 4 N–H and O–H groups in total.